The number of ether oxygens (including phenoxy) is 3. The number of hydrogen-bond acceptors (Lipinski definition) is 6. The van der Waals surface area contributed by atoms with Crippen LogP contribution >= 0.6 is 11.8 Å². The molecule has 4 rings (SSSR count). The molecule has 0 amide bonds. The minimum atomic E-state index is -0.228. The van der Waals surface area contributed by atoms with Crippen molar-refractivity contribution < 1.29 is 14.2 Å². The molecule has 1 saturated carbocycles. The lowest BCUT2D eigenvalue weighted by atomic mass is 10.0. The van der Waals surface area contributed by atoms with Gasteiger partial charge in [0.15, 0.2) is 17.3 Å². The van der Waals surface area contributed by atoms with Crippen molar-refractivity contribution in [3.63, 3.8) is 0 Å². The van der Waals surface area contributed by atoms with Gasteiger partial charge < -0.3 is 14.2 Å². The fourth-order valence-corrected chi connectivity index (χ4v) is 5.23. The summed E-state index contributed by atoms with van der Waals surface area (Å²) in [6.45, 7) is 1.98. The molecule has 0 spiro atoms. The van der Waals surface area contributed by atoms with Crippen LogP contribution in [0.25, 0.3) is 0 Å². The van der Waals surface area contributed by atoms with E-state index in [1.165, 1.54) is 12.8 Å². The molecule has 7 nitrogen and oxygen atoms in total. The lowest BCUT2D eigenvalue weighted by Gasteiger charge is -2.24. The molecular formula is C20H25N3O4S. The van der Waals surface area contributed by atoms with Crippen LogP contribution in [0.1, 0.15) is 55.0 Å². The SMILES string of the molecule is COc1cc(OC)c([C@@H]2SC(C)=Nc3c2c(=O)[nH]n3C2CCCC2)cc1OC. The molecule has 2 aromatic rings. The summed E-state index contributed by atoms with van der Waals surface area (Å²) < 4.78 is 18.5. The van der Waals surface area contributed by atoms with E-state index in [0.29, 0.717) is 28.9 Å². The van der Waals surface area contributed by atoms with E-state index in [-0.39, 0.29) is 10.8 Å². The summed E-state index contributed by atoms with van der Waals surface area (Å²) in [4.78, 5) is 17.7. The average molecular weight is 404 g/mol. The van der Waals surface area contributed by atoms with E-state index in [0.717, 1.165) is 29.3 Å². The summed E-state index contributed by atoms with van der Waals surface area (Å²) in [7, 11) is 4.81. The second-order valence-corrected chi connectivity index (χ2v) is 8.36. The molecule has 2 aliphatic rings. The number of thioether (sulfide) groups is 1. The molecule has 1 N–H and O–H groups in total. The van der Waals surface area contributed by atoms with Gasteiger partial charge in [0.2, 0.25) is 0 Å². The van der Waals surface area contributed by atoms with Crippen LogP contribution in [0, 0.1) is 0 Å². The number of benzene rings is 1. The van der Waals surface area contributed by atoms with Crippen molar-refractivity contribution in [1.82, 2.24) is 9.78 Å². The van der Waals surface area contributed by atoms with Crippen molar-refractivity contribution >= 4 is 22.6 Å². The smallest absolute Gasteiger partial charge is 0.271 e. The molecule has 0 saturated heterocycles. The topological polar surface area (TPSA) is 77.8 Å². The minimum absolute atomic E-state index is 0.0903. The predicted molar refractivity (Wildman–Crippen MR) is 111 cm³/mol. The monoisotopic (exact) mass is 403 g/mol. The highest BCUT2D eigenvalue weighted by Crippen LogP contribution is 2.49. The van der Waals surface area contributed by atoms with Crippen molar-refractivity contribution in [3.8, 4) is 17.2 Å². The minimum Gasteiger partial charge on any atom is -0.496 e. The van der Waals surface area contributed by atoms with Gasteiger partial charge in [0, 0.05) is 11.6 Å². The van der Waals surface area contributed by atoms with E-state index in [1.807, 2.05) is 17.7 Å². The van der Waals surface area contributed by atoms with Gasteiger partial charge >= 0.3 is 0 Å². The first-order valence-electron chi connectivity index (χ1n) is 9.43. The number of aromatic amines is 1. The van der Waals surface area contributed by atoms with E-state index >= 15 is 0 Å². The zero-order valence-electron chi connectivity index (χ0n) is 16.6. The maximum Gasteiger partial charge on any atom is 0.271 e. The van der Waals surface area contributed by atoms with Gasteiger partial charge in [0.1, 0.15) is 5.75 Å². The quantitative estimate of drug-likeness (QED) is 0.809. The van der Waals surface area contributed by atoms with E-state index in [2.05, 4.69) is 5.10 Å². The maximum atomic E-state index is 13.0. The Kier molecular flexibility index (Phi) is 5.14. The van der Waals surface area contributed by atoms with Gasteiger partial charge in [-0.1, -0.05) is 24.6 Å². The molecule has 2 heterocycles. The highest BCUT2D eigenvalue weighted by atomic mass is 32.2. The standard InChI is InChI=1S/C20H25N3O4S/c1-11-21-19-17(20(24)22-23(19)12-7-5-6-8-12)18(28-11)13-9-15(26-3)16(27-4)10-14(13)25-2/h9-10,12,18H,5-8H2,1-4H3,(H,22,24)/t18-/m0/s1. The average Bonchev–Trinajstić information content (AvgIpc) is 3.34. The summed E-state index contributed by atoms with van der Waals surface area (Å²) in [6.07, 6.45) is 4.51. The van der Waals surface area contributed by atoms with Crippen molar-refractivity contribution in [1.29, 1.82) is 0 Å². The van der Waals surface area contributed by atoms with Crippen molar-refractivity contribution in [3.05, 3.63) is 33.6 Å². The van der Waals surface area contributed by atoms with Gasteiger partial charge in [-0.05, 0) is 25.8 Å². The number of hydrogen-bond donors (Lipinski definition) is 1. The van der Waals surface area contributed by atoms with E-state index < -0.39 is 0 Å². The molecule has 1 atom stereocenters. The summed E-state index contributed by atoms with van der Waals surface area (Å²) in [6, 6.07) is 4.01. The third-order valence-electron chi connectivity index (χ3n) is 5.46. The Balaban J connectivity index is 1.88. The number of aliphatic imine (C=N–C) groups is 1. The number of methoxy groups -OCH3 is 3. The number of nitrogens with one attached hydrogen (secondary N) is 1. The van der Waals surface area contributed by atoms with Crippen LogP contribution in [0.4, 0.5) is 5.82 Å². The third kappa shape index (κ3) is 3.09. The highest BCUT2D eigenvalue weighted by Gasteiger charge is 2.34. The zero-order valence-corrected chi connectivity index (χ0v) is 17.4. The Morgan fingerprint density at radius 3 is 2.36 bits per heavy atom. The molecule has 1 aliphatic carbocycles. The first-order chi connectivity index (χ1) is 13.6. The second kappa shape index (κ2) is 7.58. The van der Waals surface area contributed by atoms with Gasteiger partial charge in [0.05, 0.1) is 43.2 Å². The number of nitrogens with zero attached hydrogens (tertiary/aromatic N) is 2. The summed E-state index contributed by atoms with van der Waals surface area (Å²) in [5, 5.41) is 3.74. The van der Waals surface area contributed by atoms with Gasteiger partial charge in [-0.25, -0.2) is 4.99 Å². The third-order valence-corrected chi connectivity index (χ3v) is 6.62. The molecule has 1 aromatic carbocycles. The summed E-state index contributed by atoms with van der Waals surface area (Å²) >= 11 is 1.55. The van der Waals surface area contributed by atoms with E-state index in [4.69, 9.17) is 19.2 Å². The molecule has 28 heavy (non-hydrogen) atoms. The maximum absolute atomic E-state index is 13.0. The Labute approximate surface area is 168 Å². The summed E-state index contributed by atoms with van der Waals surface area (Å²) in [5.74, 6) is 2.60. The molecule has 1 fully saturated rings. The zero-order chi connectivity index (χ0) is 19.8. The Morgan fingerprint density at radius 1 is 1.07 bits per heavy atom. The first-order valence-corrected chi connectivity index (χ1v) is 10.3. The van der Waals surface area contributed by atoms with Crippen molar-refractivity contribution in [2.24, 2.45) is 4.99 Å². The Morgan fingerprint density at radius 2 is 1.71 bits per heavy atom. The van der Waals surface area contributed by atoms with Crippen LogP contribution in [0.15, 0.2) is 21.9 Å². The first kappa shape index (κ1) is 19.0. The van der Waals surface area contributed by atoms with Gasteiger partial charge in [0.25, 0.3) is 5.56 Å². The molecule has 1 aliphatic heterocycles. The largest absolute Gasteiger partial charge is 0.496 e. The molecule has 8 heteroatoms. The fraction of sp³-hybridized carbons (Fsp3) is 0.500. The summed E-state index contributed by atoms with van der Waals surface area (Å²) in [5.41, 5.74) is 1.45. The second-order valence-electron chi connectivity index (χ2n) is 7.06. The van der Waals surface area contributed by atoms with Gasteiger partial charge in [-0.3, -0.25) is 14.6 Å². The number of H-pyrrole nitrogens is 1. The Hall–Kier alpha value is -2.35. The Bertz CT molecular complexity index is 973. The normalized spacial score (nSPS) is 19.3. The highest BCUT2D eigenvalue weighted by molar-refractivity contribution is 8.14. The van der Waals surface area contributed by atoms with Crippen LogP contribution in [0.5, 0.6) is 17.2 Å². The molecule has 1 aromatic heterocycles. The van der Waals surface area contributed by atoms with Crippen LogP contribution in [0.2, 0.25) is 0 Å². The lowest BCUT2D eigenvalue weighted by molar-refractivity contribution is 0.347. The number of rotatable bonds is 5. The molecule has 0 radical (unpaired) electrons. The van der Waals surface area contributed by atoms with Crippen LogP contribution < -0.4 is 19.8 Å². The van der Waals surface area contributed by atoms with Crippen LogP contribution in [-0.4, -0.2) is 36.2 Å². The van der Waals surface area contributed by atoms with Crippen LogP contribution in [0.3, 0.4) is 0 Å². The van der Waals surface area contributed by atoms with E-state index in [1.54, 1.807) is 39.2 Å². The predicted octanol–water partition coefficient (Wildman–Crippen LogP) is 4.20. The van der Waals surface area contributed by atoms with Crippen molar-refractivity contribution in [2.75, 3.05) is 21.3 Å². The van der Waals surface area contributed by atoms with Crippen molar-refractivity contribution in [2.45, 2.75) is 43.9 Å². The van der Waals surface area contributed by atoms with Gasteiger partial charge in [-0.2, -0.15) is 0 Å². The van der Waals surface area contributed by atoms with Gasteiger partial charge in [-0.15, -0.1) is 0 Å². The molecule has 0 unspecified atom stereocenters. The number of fused-ring (bicyclic) bond motifs is 1. The van der Waals surface area contributed by atoms with E-state index in [9.17, 15) is 4.79 Å². The molecule has 0 bridgehead atoms. The molecule has 150 valence electrons. The van der Waals surface area contributed by atoms with Crippen LogP contribution in [-0.2, 0) is 0 Å². The molecular weight excluding hydrogens is 378 g/mol. The number of aromatic nitrogens is 2. The fourth-order valence-electron chi connectivity index (χ4n) is 4.11. The lowest BCUT2D eigenvalue weighted by Crippen LogP contribution is -2.14.